The maximum absolute atomic E-state index is 13.1. The number of carbonyl (C=O) groups is 2. The van der Waals surface area contributed by atoms with Gasteiger partial charge >= 0.3 is 5.97 Å². The van der Waals surface area contributed by atoms with Crippen LogP contribution in [0.4, 0.5) is 11.4 Å². The van der Waals surface area contributed by atoms with E-state index >= 15 is 0 Å². The van der Waals surface area contributed by atoms with Crippen LogP contribution in [0.5, 0.6) is 0 Å². The van der Waals surface area contributed by atoms with Gasteiger partial charge in [-0.2, -0.15) is 0 Å². The number of nitrogens with zero attached hydrogens (tertiary/aromatic N) is 2. The average Bonchev–Trinajstić information content (AvgIpc) is 2.88. The fourth-order valence-corrected chi connectivity index (χ4v) is 3.71. The van der Waals surface area contributed by atoms with Crippen LogP contribution in [0.3, 0.4) is 0 Å². The molecule has 3 aromatic rings. The molecule has 0 bridgehead atoms. The van der Waals surface area contributed by atoms with E-state index < -0.39 is 5.97 Å². The monoisotopic (exact) mass is 436 g/mol. The molecular formula is C22H17BrN2O3. The summed E-state index contributed by atoms with van der Waals surface area (Å²) < 4.78 is 5.95. The first-order chi connectivity index (χ1) is 13.6. The summed E-state index contributed by atoms with van der Waals surface area (Å²) in [4.78, 5) is 31.0. The summed E-state index contributed by atoms with van der Waals surface area (Å²) in [6.07, 6.45) is 4.68. The Bertz CT molecular complexity index is 1000. The fraction of sp³-hybridized carbons (Fsp3) is 0.136. The molecule has 1 aromatic heterocycles. The van der Waals surface area contributed by atoms with Gasteiger partial charge in [0.05, 0.1) is 16.9 Å². The van der Waals surface area contributed by atoms with Crippen LogP contribution in [0.2, 0.25) is 0 Å². The third kappa shape index (κ3) is 3.68. The second-order valence-electron chi connectivity index (χ2n) is 6.45. The molecule has 4 rings (SSSR count). The molecule has 1 aliphatic heterocycles. The van der Waals surface area contributed by atoms with Crippen molar-refractivity contribution in [1.82, 2.24) is 4.98 Å². The third-order valence-electron chi connectivity index (χ3n) is 4.65. The first-order valence-corrected chi connectivity index (χ1v) is 9.69. The Kier molecular flexibility index (Phi) is 5.21. The van der Waals surface area contributed by atoms with E-state index in [0.29, 0.717) is 10.0 Å². The summed E-state index contributed by atoms with van der Waals surface area (Å²) in [6.45, 7) is -0.353. The zero-order chi connectivity index (χ0) is 19.5. The number of hydrogen-bond donors (Lipinski definition) is 0. The molecule has 0 radical (unpaired) electrons. The lowest BCUT2D eigenvalue weighted by atomic mass is 10.0. The number of benzene rings is 2. The predicted molar refractivity (Wildman–Crippen MR) is 110 cm³/mol. The molecule has 140 valence electrons. The second kappa shape index (κ2) is 7.94. The first-order valence-electron chi connectivity index (χ1n) is 8.90. The number of para-hydroxylation sites is 2. The van der Waals surface area contributed by atoms with E-state index in [4.69, 9.17) is 4.74 Å². The molecule has 6 heteroatoms. The van der Waals surface area contributed by atoms with Gasteiger partial charge in [-0.1, -0.05) is 36.4 Å². The molecule has 1 amide bonds. The number of anilines is 2. The standard InChI is InChI=1S/C22H17BrN2O3/c23-18-11-17(12-24-13-18)22(27)28-14-21(26)25-19-7-3-1-5-15(19)9-10-16-6-2-4-8-20(16)25/h1-8,11-13H,9-10,14H2. The lowest BCUT2D eigenvalue weighted by Crippen LogP contribution is -2.31. The van der Waals surface area contributed by atoms with Gasteiger partial charge in [-0.25, -0.2) is 4.79 Å². The van der Waals surface area contributed by atoms with Crippen molar-refractivity contribution in [1.29, 1.82) is 0 Å². The molecule has 2 aromatic carbocycles. The minimum absolute atomic E-state index is 0.291. The highest BCUT2D eigenvalue weighted by Gasteiger charge is 2.26. The molecular weight excluding hydrogens is 420 g/mol. The van der Waals surface area contributed by atoms with Crippen LogP contribution in [-0.2, 0) is 22.4 Å². The van der Waals surface area contributed by atoms with Crippen LogP contribution in [0.15, 0.2) is 71.5 Å². The summed E-state index contributed by atoms with van der Waals surface area (Å²) >= 11 is 3.27. The Hall–Kier alpha value is -2.99. The molecule has 0 unspecified atom stereocenters. The van der Waals surface area contributed by atoms with Gasteiger partial charge in [-0.3, -0.25) is 14.7 Å². The molecule has 0 saturated carbocycles. The number of fused-ring (bicyclic) bond motifs is 2. The maximum Gasteiger partial charge on any atom is 0.340 e. The number of rotatable bonds is 3. The average molecular weight is 437 g/mol. The number of esters is 1. The Morgan fingerprint density at radius 1 is 0.964 bits per heavy atom. The molecule has 1 aliphatic rings. The third-order valence-corrected chi connectivity index (χ3v) is 5.08. The van der Waals surface area contributed by atoms with E-state index in [9.17, 15) is 9.59 Å². The van der Waals surface area contributed by atoms with Crippen LogP contribution < -0.4 is 4.90 Å². The summed E-state index contributed by atoms with van der Waals surface area (Å²) in [5, 5.41) is 0. The van der Waals surface area contributed by atoms with Crippen molar-refractivity contribution in [2.24, 2.45) is 0 Å². The smallest absolute Gasteiger partial charge is 0.340 e. The Labute approximate surface area is 171 Å². The number of aromatic nitrogens is 1. The van der Waals surface area contributed by atoms with Crippen LogP contribution in [0, 0.1) is 0 Å². The lowest BCUT2D eigenvalue weighted by Gasteiger charge is -2.24. The lowest BCUT2D eigenvalue weighted by molar-refractivity contribution is -0.120. The van der Waals surface area contributed by atoms with Gasteiger partial charge in [0.25, 0.3) is 5.91 Å². The van der Waals surface area contributed by atoms with Gasteiger partial charge < -0.3 is 4.74 Å². The molecule has 28 heavy (non-hydrogen) atoms. The van der Waals surface area contributed by atoms with Gasteiger partial charge in [0.2, 0.25) is 0 Å². The van der Waals surface area contributed by atoms with Gasteiger partial charge in [0.1, 0.15) is 0 Å². The van der Waals surface area contributed by atoms with Gasteiger partial charge in [-0.05, 0) is 58.1 Å². The van der Waals surface area contributed by atoms with Gasteiger partial charge in [0, 0.05) is 16.9 Å². The number of hydrogen-bond acceptors (Lipinski definition) is 4. The van der Waals surface area contributed by atoms with E-state index in [0.717, 1.165) is 35.3 Å². The highest BCUT2D eigenvalue weighted by molar-refractivity contribution is 9.10. The summed E-state index contributed by atoms with van der Waals surface area (Å²) in [5.41, 5.74) is 4.14. The number of halogens is 1. The van der Waals surface area contributed by atoms with Crippen LogP contribution in [0.25, 0.3) is 0 Å². The molecule has 0 atom stereocenters. The molecule has 0 fully saturated rings. The fourth-order valence-electron chi connectivity index (χ4n) is 3.35. The zero-order valence-electron chi connectivity index (χ0n) is 15.0. The number of carbonyl (C=O) groups excluding carboxylic acids is 2. The summed E-state index contributed by atoms with van der Waals surface area (Å²) in [6, 6.07) is 17.3. The minimum atomic E-state index is -0.585. The largest absolute Gasteiger partial charge is 0.452 e. The Balaban J connectivity index is 1.61. The van der Waals surface area contributed by atoms with Crippen molar-refractivity contribution in [2.75, 3.05) is 11.5 Å². The predicted octanol–water partition coefficient (Wildman–Crippen LogP) is 4.46. The van der Waals surface area contributed by atoms with Crippen LogP contribution in [0.1, 0.15) is 21.5 Å². The van der Waals surface area contributed by atoms with Crippen molar-refractivity contribution in [2.45, 2.75) is 12.8 Å². The molecule has 0 saturated heterocycles. The van der Waals surface area contributed by atoms with Crippen molar-refractivity contribution >= 4 is 39.2 Å². The molecule has 5 nitrogen and oxygen atoms in total. The Morgan fingerprint density at radius 2 is 1.57 bits per heavy atom. The first kappa shape index (κ1) is 18.4. The van der Waals surface area contributed by atoms with E-state index in [1.54, 1.807) is 17.2 Å². The molecule has 0 spiro atoms. The molecule has 0 aliphatic carbocycles. The van der Waals surface area contributed by atoms with Crippen molar-refractivity contribution < 1.29 is 14.3 Å². The summed E-state index contributed by atoms with van der Waals surface area (Å²) in [5.74, 6) is -0.878. The highest BCUT2D eigenvalue weighted by atomic mass is 79.9. The topological polar surface area (TPSA) is 59.5 Å². The van der Waals surface area contributed by atoms with E-state index in [1.807, 2.05) is 48.5 Å². The summed E-state index contributed by atoms with van der Waals surface area (Å²) in [7, 11) is 0. The van der Waals surface area contributed by atoms with Gasteiger partial charge in [-0.15, -0.1) is 0 Å². The Morgan fingerprint density at radius 3 is 2.18 bits per heavy atom. The SMILES string of the molecule is O=C(OCC(=O)N1c2ccccc2CCc2ccccc21)c1cncc(Br)c1. The number of amides is 1. The van der Waals surface area contributed by atoms with E-state index in [2.05, 4.69) is 20.9 Å². The number of aryl methyl sites for hydroxylation is 2. The minimum Gasteiger partial charge on any atom is -0.452 e. The number of ether oxygens (including phenoxy) is 1. The maximum atomic E-state index is 13.1. The van der Waals surface area contributed by atoms with Crippen molar-refractivity contribution in [3.63, 3.8) is 0 Å². The van der Waals surface area contributed by atoms with Crippen molar-refractivity contribution in [3.05, 3.63) is 88.2 Å². The second-order valence-corrected chi connectivity index (χ2v) is 7.37. The van der Waals surface area contributed by atoms with Gasteiger partial charge in [0.15, 0.2) is 6.61 Å². The van der Waals surface area contributed by atoms with E-state index in [-0.39, 0.29) is 12.5 Å². The highest BCUT2D eigenvalue weighted by Crippen LogP contribution is 2.36. The molecule has 0 N–H and O–H groups in total. The molecule has 2 heterocycles. The van der Waals surface area contributed by atoms with E-state index in [1.165, 1.54) is 6.20 Å². The zero-order valence-corrected chi connectivity index (χ0v) is 16.6. The normalized spacial score (nSPS) is 12.5. The van der Waals surface area contributed by atoms with Crippen LogP contribution >= 0.6 is 15.9 Å². The van der Waals surface area contributed by atoms with Crippen LogP contribution in [-0.4, -0.2) is 23.5 Å². The number of pyridine rings is 1. The quantitative estimate of drug-likeness (QED) is 0.568. The van der Waals surface area contributed by atoms with Crippen molar-refractivity contribution in [3.8, 4) is 0 Å².